The Balaban J connectivity index is 4.41. The minimum absolute atomic E-state index is 0.0365. The fourth-order valence-corrected chi connectivity index (χ4v) is 6.43. The second-order valence-corrected chi connectivity index (χ2v) is 17.1. The molecule has 0 N–H and O–H groups in total. The summed E-state index contributed by atoms with van der Waals surface area (Å²) >= 11 is 0. The van der Waals surface area contributed by atoms with Crippen LogP contribution in [0.5, 0.6) is 0 Å². The molecule has 2 unspecified atom stereocenters. The number of hydrogen-bond donors (Lipinski definition) is 0. The van der Waals surface area contributed by atoms with Crippen LogP contribution in [0, 0.1) is 0 Å². The number of hydrogen-bond acceptors (Lipinski definition) is 8. The quantitative estimate of drug-likeness (QED) is 0.0199. The van der Waals surface area contributed by atoms with Crippen molar-refractivity contribution in [1.29, 1.82) is 0 Å². The maximum Gasteiger partial charge on any atom is 0.306 e. The van der Waals surface area contributed by atoms with E-state index < -0.39 is 32.5 Å². The molecule has 55 heavy (non-hydrogen) atoms. The smallest absolute Gasteiger partial charge is 0.306 e. The second kappa shape index (κ2) is 37.5. The predicted molar refractivity (Wildman–Crippen MR) is 227 cm³/mol. The second-order valence-electron chi connectivity index (χ2n) is 15.7. The van der Waals surface area contributed by atoms with Crippen molar-refractivity contribution >= 4 is 19.8 Å². The highest BCUT2D eigenvalue weighted by molar-refractivity contribution is 7.45. The Bertz CT molecular complexity index is 1080. The van der Waals surface area contributed by atoms with Crippen molar-refractivity contribution in [3.05, 3.63) is 48.6 Å². The predicted octanol–water partition coefficient (Wildman–Crippen LogP) is 11.7. The first-order valence-corrected chi connectivity index (χ1v) is 23.3. The van der Waals surface area contributed by atoms with Crippen molar-refractivity contribution in [2.45, 2.75) is 180 Å². The Kier molecular flexibility index (Phi) is 36.2. The lowest BCUT2D eigenvalue weighted by Gasteiger charge is -2.28. The molecule has 10 heteroatoms. The summed E-state index contributed by atoms with van der Waals surface area (Å²) < 4.78 is 33.9. The number of unbranched alkanes of at least 4 members (excludes halogenated alkanes) is 17. The lowest BCUT2D eigenvalue weighted by molar-refractivity contribution is -0.870. The number of allylic oxidation sites excluding steroid dienone is 8. The summed E-state index contributed by atoms with van der Waals surface area (Å²) in [5, 5.41) is 0. The molecule has 0 rings (SSSR count). The van der Waals surface area contributed by atoms with Gasteiger partial charge < -0.3 is 27.9 Å². The Morgan fingerprint density at radius 3 is 1.55 bits per heavy atom. The Morgan fingerprint density at radius 2 is 1.04 bits per heavy atom. The maximum atomic E-state index is 12.7. The van der Waals surface area contributed by atoms with Crippen LogP contribution >= 0.6 is 7.82 Å². The van der Waals surface area contributed by atoms with E-state index in [1.165, 1.54) is 70.6 Å². The number of carbonyl (C=O) groups excluding carboxylic acids is 2. The number of quaternary nitrogens is 1. The highest BCUT2D eigenvalue weighted by Crippen LogP contribution is 2.38. The van der Waals surface area contributed by atoms with Crippen LogP contribution in [0.15, 0.2) is 48.6 Å². The Hall–Kier alpha value is -2.03. The molecule has 0 aliphatic heterocycles. The minimum Gasteiger partial charge on any atom is -0.756 e. The van der Waals surface area contributed by atoms with Crippen LogP contribution < -0.4 is 4.89 Å². The van der Waals surface area contributed by atoms with Gasteiger partial charge in [-0.05, 0) is 51.4 Å². The molecule has 2 atom stereocenters. The molecule has 0 fully saturated rings. The van der Waals surface area contributed by atoms with Crippen molar-refractivity contribution in [1.82, 2.24) is 0 Å². The molecule has 0 aromatic heterocycles. The van der Waals surface area contributed by atoms with Crippen LogP contribution in [0.25, 0.3) is 0 Å². The number of ether oxygens (including phenoxy) is 2. The van der Waals surface area contributed by atoms with E-state index in [1.807, 2.05) is 21.1 Å². The standard InChI is InChI=1S/C45H82NO8P/c1-6-8-10-12-14-16-18-20-22-23-24-26-28-30-32-34-36-38-45(48)54-43(42-53-55(49,50)52-40-39-46(3,4)5)41-51-44(47)37-35-33-31-29-27-25-21-19-17-15-13-11-9-7-2/h8,10,14,16,20,22,24,26,43H,6-7,9,11-13,15,17-19,21,23,25,27-42H2,1-5H3/b10-8-,16-14-,22-20-,26-24-. The van der Waals surface area contributed by atoms with E-state index in [2.05, 4.69) is 62.5 Å². The Morgan fingerprint density at radius 1 is 0.582 bits per heavy atom. The average molecular weight is 796 g/mol. The van der Waals surface area contributed by atoms with Crippen molar-refractivity contribution in [3.8, 4) is 0 Å². The first-order valence-electron chi connectivity index (χ1n) is 21.8. The summed E-state index contributed by atoms with van der Waals surface area (Å²) in [7, 11) is 1.14. The summed E-state index contributed by atoms with van der Waals surface area (Å²) in [6, 6.07) is 0. The van der Waals surface area contributed by atoms with Gasteiger partial charge in [-0.3, -0.25) is 14.2 Å². The van der Waals surface area contributed by atoms with Gasteiger partial charge in [-0.25, -0.2) is 0 Å². The molecular formula is C45H82NO8P. The highest BCUT2D eigenvalue weighted by Gasteiger charge is 2.21. The average Bonchev–Trinajstić information content (AvgIpc) is 3.13. The molecule has 0 saturated heterocycles. The first-order chi connectivity index (χ1) is 26.5. The van der Waals surface area contributed by atoms with Gasteiger partial charge >= 0.3 is 11.9 Å². The summed E-state index contributed by atoms with van der Waals surface area (Å²) in [5.74, 6) is -0.861. The first kappa shape index (κ1) is 53.0. The Labute approximate surface area is 337 Å². The largest absolute Gasteiger partial charge is 0.756 e. The molecule has 0 aliphatic carbocycles. The van der Waals surface area contributed by atoms with Gasteiger partial charge in [0, 0.05) is 12.8 Å². The molecule has 0 saturated carbocycles. The van der Waals surface area contributed by atoms with Crippen LogP contribution in [0.2, 0.25) is 0 Å². The number of rotatable bonds is 39. The third kappa shape index (κ3) is 41.4. The molecule has 0 radical (unpaired) electrons. The summed E-state index contributed by atoms with van der Waals surface area (Å²) in [6.45, 7) is 4.08. The number of carbonyl (C=O) groups is 2. The van der Waals surface area contributed by atoms with Gasteiger partial charge in [-0.15, -0.1) is 0 Å². The van der Waals surface area contributed by atoms with E-state index in [9.17, 15) is 19.0 Å². The van der Waals surface area contributed by atoms with Gasteiger partial charge in [-0.1, -0.05) is 159 Å². The van der Waals surface area contributed by atoms with Crippen LogP contribution in [-0.4, -0.2) is 70.0 Å². The van der Waals surface area contributed by atoms with Gasteiger partial charge in [-0.2, -0.15) is 0 Å². The number of likely N-dealkylation sites (N-methyl/N-ethyl adjacent to an activating group) is 1. The van der Waals surface area contributed by atoms with Gasteiger partial charge in [0.25, 0.3) is 7.82 Å². The zero-order valence-corrected chi connectivity index (χ0v) is 36.8. The number of phosphoric acid groups is 1. The summed E-state index contributed by atoms with van der Waals surface area (Å²) in [6.07, 6.45) is 42.7. The van der Waals surface area contributed by atoms with Crippen molar-refractivity contribution in [2.24, 2.45) is 0 Å². The summed E-state index contributed by atoms with van der Waals surface area (Å²) in [5.41, 5.74) is 0. The van der Waals surface area contributed by atoms with Crippen LogP contribution in [0.4, 0.5) is 0 Å². The van der Waals surface area contributed by atoms with E-state index in [4.69, 9.17) is 18.5 Å². The van der Waals surface area contributed by atoms with Gasteiger partial charge in [0.15, 0.2) is 6.10 Å². The molecule has 320 valence electrons. The van der Waals surface area contributed by atoms with Crippen LogP contribution in [-0.2, 0) is 32.7 Å². The monoisotopic (exact) mass is 796 g/mol. The zero-order valence-electron chi connectivity index (χ0n) is 35.9. The number of nitrogens with zero attached hydrogens (tertiary/aromatic N) is 1. The minimum atomic E-state index is -4.63. The van der Waals surface area contributed by atoms with Crippen molar-refractivity contribution < 1.29 is 42.1 Å². The summed E-state index contributed by atoms with van der Waals surface area (Å²) in [4.78, 5) is 37.5. The van der Waals surface area contributed by atoms with Gasteiger partial charge in [0.1, 0.15) is 19.8 Å². The molecule has 0 aromatic rings. The lowest BCUT2D eigenvalue weighted by atomic mass is 10.0. The van der Waals surface area contributed by atoms with E-state index in [1.54, 1.807) is 0 Å². The third-order valence-corrected chi connectivity index (χ3v) is 10.1. The molecule has 9 nitrogen and oxygen atoms in total. The van der Waals surface area contributed by atoms with Gasteiger partial charge in [0.2, 0.25) is 0 Å². The molecule has 0 aromatic carbocycles. The number of phosphoric ester groups is 1. The SMILES string of the molecule is CC/C=C\C/C=C\C/C=C\C/C=C\CCCCCCC(=O)OC(COC(=O)CCCCCCCCCCCCCCCC)COP(=O)([O-])OCC[N+](C)(C)C. The van der Waals surface area contributed by atoms with Crippen LogP contribution in [0.1, 0.15) is 174 Å². The van der Waals surface area contributed by atoms with Crippen LogP contribution in [0.3, 0.4) is 0 Å². The molecule has 0 bridgehead atoms. The normalized spacial score (nSPS) is 14.1. The third-order valence-electron chi connectivity index (χ3n) is 9.11. The van der Waals surface area contributed by atoms with E-state index in [0.29, 0.717) is 17.4 Å². The van der Waals surface area contributed by atoms with Crippen molar-refractivity contribution in [3.63, 3.8) is 0 Å². The topological polar surface area (TPSA) is 111 Å². The molecule has 0 aliphatic rings. The fraction of sp³-hybridized carbons (Fsp3) is 0.778. The zero-order chi connectivity index (χ0) is 40.7. The fourth-order valence-electron chi connectivity index (χ4n) is 5.70. The van der Waals surface area contributed by atoms with E-state index in [0.717, 1.165) is 70.6 Å². The highest BCUT2D eigenvalue weighted by atomic mass is 31.2. The lowest BCUT2D eigenvalue weighted by Crippen LogP contribution is -2.37. The molecule has 0 spiro atoms. The molecule has 0 amide bonds. The molecular weight excluding hydrogens is 713 g/mol. The van der Waals surface area contributed by atoms with Gasteiger partial charge in [0.05, 0.1) is 27.7 Å². The van der Waals surface area contributed by atoms with Crippen molar-refractivity contribution in [2.75, 3.05) is 47.5 Å². The number of esters is 2. The van der Waals surface area contributed by atoms with E-state index >= 15 is 0 Å². The molecule has 0 heterocycles. The maximum absolute atomic E-state index is 12.7. The van der Waals surface area contributed by atoms with E-state index in [-0.39, 0.29) is 26.1 Å².